The zero-order chi connectivity index (χ0) is 10.7. The molecular weight excluding hydrogens is 216 g/mol. The molecule has 0 saturated carbocycles. The molecule has 0 aliphatic heterocycles. The highest BCUT2D eigenvalue weighted by Gasteiger charge is 2.21. The zero-order valence-corrected chi connectivity index (χ0v) is 8.31. The van der Waals surface area contributed by atoms with Crippen LogP contribution in [0.4, 0.5) is 8.78 Å². The summed E-state index contributed by atoms with van der Waals surface area (Å²) in [5.41, 5.74) is -0.339. The summed E-state index contributed by atoms with van der Waals surface area (Å²) < 4.78 is 34.5. The Morgan fingerprint density at radius 2 is 1.86 bits per heavy atom. The number of nitrogens with zero attached hydrogens (tertiary/aromatic N) is 1. The molecule has 0 saturated heterocycles. The van der Waals surface area contributed by atoms with Gasteiger partial charge in [0.25, 0.3) is 6.43 Å². The molecule has 0 aliphatic carbocycles. The molecule has 0 radical (unpaired) electrons. The number of ether oxygens (including phenoxy) is 2. The fraction of sp³-hybridized carbons (Fsp3) is 0.375. The highest BCUT2D eigenvalue weighted by molar-refractivity contribution is 6.31. The normalized spacial score (nSPS) is 10.4. The van der Waals surface area contributed by atoms with Gasteiger partial charge in [-0.25, -0.2) is 13.8 Å². The van der Waals surface area contributed by atoms with Gasteiger partial charge in [0, 0.05) is 6.20 Å². The predicted octanol–water partition coefficient (Wildman–Crippen LogP) is 2.69. The zero-order valence-electron chi connectivity index (χ0n) is 7.55. The van der Waals surface area contributed by atoms with Crippen molar-refractivity contribution in [1.29, 1.82) is 0 Å². The van der Waals surface area contributed by atoms with Gasteiger partial charge in [0.1, 0.15) is 0 Å². The van der Waals surface area contributed by atoms with Gasteiger partial charge >= 0.3 is 0 Å². The lowest BCUT2D eigenvalue weighted by atomic mass is 10.2. The molecule has 1 aromatic heterocycles. The second kappa shape index (κ2) is 4.41. The number of alkyl halides is 2. The Morgan fingerprint density at radius 1 is 1.29 bits per heavy atom. The molecule has 0 unspecified atom stereocenters. The van der Waals surface area contributed by atoms with Crippen LogP contribution in [0.15, 0.2) is 6.20 Å². The van der Waals surface area contributed by atoms with E-state index in [0.29, 0.717) is 0 Å². The second-order valence-electron chi connectivity index (χ2n) is 2.37. The summed E-state index contributed by atoms with van der Waals surface area (Å²) in [6.45, 7) is 0. The molecule has 0 atom stereocenters. The number of halogens is 3. The van der Waals surface area contributed by atoms with Gasteiger partial charge in [-0.05, 0) is 0 Å². The van der Waals surface area contributed by atoms with Crippen LogP contribution >= 0.6 is 11.6 Å². The minimum Gasteiger partial charge on any atom is -0.492 e. The lowest BCUT2D eigenvalue weighted by molar-refractivity contribution is 0.145. The number of pyridine rings is 1. The summed E-state index contributed by atoms with van der Waals surface area (Å²) >= 11 is 5.62. The van der Waals surface area contributed by atoms with E-state index in [4.69, 9.17) is 21.1 Å². The monoisotopic (exact) mass is 223 g/mol. The third-order valence-corrected chi connectivity index (χ3v) is 1.89. The lowest BCUT2D eigenvalue weighted by Gasteiger charge is -2.12. The summed E-state index contributed by atoms with van der Waals surface area (Å²) in [5, 5.41) is -0.00579. The molecule has 0 amide bonds. The van der Waals surface area contributed by atoms with Crippen molar-refractivity contribution in [3.8, 4) is 11.5 Å². The molecule has 6 heteroatoms. The Kier molecular flexibility index (Phi) is 3.46. The van der Waals surface area contributed by atoms with Gasteiger partial charge in [-0.2, -0.15) is 0 Å². The molecule has 0 spiro atoms. The third kappa shape index (κ3) is 1.87. The lowest BCUT2D eigenvalue weighted by Crippen LogP contribution is -1.98. The summed E-state index contributed by atoms with van der Waals surface area (Å²) in [5.74, 6) is -0.0607. The van der Waals surface area contributed by atoms with Gasteiger partial charge in [0.2, 0.25) is 0 Å². The van der Waals surface area contributed by atoms with Crippen LogP contribution in [-0.4, -0.2) is 19.2 Å². The maximum Gasteiger partial charge on any atom is 0.269 e. The molecule has 0 aliphatic rings. The molecule has 3 nitrogen and oxygen atoms in total. The molecule has 0 fully saturated rings. The van der Waals surface area contributed by atoms with Crippen LogP contribution in [0.3, 0.4) is 0 Å². The van der Waals surface area contributed by atoms with E-state index in [1.807, 2.05) is 0 Å². The van der Waals surface area contributed by atoms with Gasteiger partial charge in [-0.3, -0.25) is 0 Å². The van der Waals surface area contributed by atoms with Gasteiger partial charge in [0.05, 0.1) is 19.8 Å². The molecule has 1 aromatic rings. The van der Waals surface area contributed by atoms with Crippen LogP contribution in [0.25, 0.3) is 0 Å². The molecule has 1 heterocycles. The first kappa shape index (κ1) is 11.0. The predicted molar refractivity (Wildman–Crippen MR) is 47.3 cm³/mol. The Bertz CT molecular complexity index is 333. The summed E-state index contributed by atoms with van der Waals surface area (Å²) in [6, 6.07) is 0. The standard InChI is InChI=1S/C8H8ClF2NO2/c1-13-5-4(8(10)11)3-12-7(9)6(5)14-2/h3,8H,1-2H3. The summed E-state index contributed by atoms with van der Waals surface area (Å²) in [6.07, 6.45) is -1.71. The minimum atomic E-state index is -2.68. The Morgan fingerprint density at radius 3 is 2.29 bits per heavy atom. The Hall–Kier alpha value is -1.10. The fourth-order valence-corrected chi connectivity index (χ4v) is 1.22. The van der Waals surface area contributed by atoms with Crippen molar-refractivity contribution in [2.45, 2.75) is 6.43 Å². The van der Waals surface area contributed by atoms with Crippen molar-refractivity contribution in [1.82, 2.24) is 4.98 Å². The van der Waals surface area contributed by atoms with Crippen molar-refractivity contribution in [2.24, 2.45) is 0 Å². The van der Waals surface area contributed by atoms with E-state index >= 15 is 0 Å². The van der Waals surface area contributed by atoms with Crippen molar-refractivity contribution in [3.63, 3.8) is 0 Å². The van der Waals surface area contributed by atoms with E-state index < -0.39 is 6.43 Å². The highest BCUT2D eigenvalue weighted by Crippen LogP contribution is 2.39. The van der Waals surface area contributed by atoms with E-state index in [0.717, 1.165) is 6.20 Å². The van der Waals surface area contributed by atoms with Crippen LogP contribution in [0.5, 0.6) is 11.5 Å². The van der Waals surface area contributed by atoms with E-state index in [9.17, 15) is 8.78 Å². The SMILES string of the molecule is COc1c(C(F)F)cnc(Cl)c1OC. The number of methoxy groups -OCH3 is 2. The fourth-order valence-electron chi connectivity index (χ4n) is 1.01. The third-order valence-electron chi connectivity index (χ3n) is 1.62. The summed E-state index contributed by atoms with van der Waals surface area (Å²) in [7, 11) is 2.57. The van der Waals surface area contributed by atoms with Crippen molar-refractivity contribution in [2.75, 3.05) is 14.2 Å². The smallest absolute Gasteiger partial charge is 0.269 e. The Labute approximate surface area is 84.6 Å². The first-order valence-electron chi connectivity index (χ1n) is 3.66. The molecule has 0 bridgehead atoms. The first-order chi connectivity index (χ1) is 6.61. The van der Waals surface area contributed by atoms with E-state index in [1.54, 1.807) is 0 Å². The van der Waals surface area contributed by atoms with Crippen LogP contribution in [0.1, 0.15) is 12.0 Å². The average molecular weight is 224 g/mol. The van der Waals surface area contributed by atoms with Gasteiger partial charge < -0.3 is 9.47 Å². The number of aromatic nitrogens is 1. The largest absolute Gasteiger partial charge is 0.492 e. The number of hydrogen-bond donors (Lipinski definition) is 0. The molecule has 1 rings (SSSR count). The molecule has 0 N–H and O–H groups in total. The first-order valence-corrected chi connectivity index (χ1v) is 4.04. The van der Waals surface area contributed by atoms with E-state index in [-0.39, 0.29) is 22.2 Å². The molecule has 14 heavy (non-hydrogen) atoms. The van der Waals surface area contributed by atoms with E-state index in [2.05, 4.69) is 4.98 Å². The van der Waals surface area contributed by atoms with Gasteiger partial charge in [-0.1, -0.05) is 11.6 Å². The molecule has 0 aromatic carbocycles. The maximum absolute atomic E-state index is 12.4. The molecule has 78 valence electrons. The van der Waals surface area contributed by atoms with Gasteiger partial charge in [0.15, 0.2) is 16.7 Å². The topological polar surface area (TPSA) is 31.4 Å². The van der Waals surface area contributed by atoms with Crippen molar-refractivity contribution in [3.05, 3.63) is 16.9 Å². The number of rotatable bonds is 3. The van der Waals surface area contributed by atoms with Crippen LogP contribution < -0.4 is 9.47 Å². The van der Waals surface area contributed by atoms with Crippen LogP contribution in [0.2, 0.25) is 5.15 Å². The second-order valence-corrected chi connectivity index (χ2v) is 2.73. The van der Waals surface area contributed by atoms with Crippen molar-refractivity contribution >= 4 is 11.6 Å². The van der Waals surface area contributed by atoms with Crippen LogP contribution in [-0.2, 0) is 0 Å². The highest BCUT2D eigenvalue weighted by atomic mass is 35.5. The van der Waals surface area contributed by atoms with Crippen molar-refractivity contribution < 1.29 is 18.3 Å². The van der Waals surface area contributed by atoms with E-state index in [1.165, 1.54) is 14.2 Å². The average Bonchev–Trinajstić information content (AvgIpc) is 2.16. The maximum atomic E-state index is 12.4. The molecular formula is C8H8ClF2NO2. The quantitative estimate of drug-likeness (QED) is 0.739. The minimum absolute atomic E-state index is 0.00579. The Balaban J connectivity index is 3.33. The summed E-state index contributed by atoms with van der Waals surface area (Å²) in [4.78, 5) is 3.56. The van der Waals surface area contributed by atoms with Crippen LogP contribution in [0, 0.1) is 0 Å². The number of hydrogen-bond acceptors (Lipinski definition) is 3. The van der Waals surface area contributed by atoms with Gasteiger partial charge in [-0.15, -0.1) is 0 Å².